The third-order valence-corrected chi connectivity index (χ3v) is 3.03. The van der Waals surface area contributed by atoms with Gasteiger partial charge in [-0.25, -0.2) is 13.2 Å². The summed E-state index contributed by atoms with van der Waals surface area (Å²) < 4.78 is 27.2. The van der Waals surface area contributed by atoms with Gasteiger partial charge in [0, 0.05) is 6.42 Å². The lowest BCUT2D eigenvalue weighted by Gasteiger charge is -2.03. The van der Waals surface area contributed by atoms with Crippen LogP contribution in [0.5, 0.6) is 0 Å². The van der Waals surface area contributed by atoms with Crippen molar-refractivity contribution in [1.82, 2.24) is 4.83 Å². The second kappa shape index (κ2) is 4.06. The van der Waals surface area contributed by atoms with Gasteiger partial charge in [-0.1, -0.05) is 0 Å². The number of nitrogens with one attached hydrogen (secondary N) is 1. The lowest BCUT2D eigenvalue weighted by atomic mass is 10.2. The van der Waals surface area contributed by atoms with Crippen molar-refractivity contribution in [3.8, 4) is 0 Å². The molecule has 5 nitrogen and oxygen atoms in total. The maximum atomic E-state index is 11.0. The van der Waals surface area contributed by atoms with Gasteiger partial charge in [0.25, 0.3) is 0 Å². The number of rotatable bonds is 3. The van der Waals surface area contributed by atoms with Crippen LogP contribution in [0.15, 0.2) is 5.10 Å². The van der Waals surface area contributed by atoms with Crippen LogP contribution in [-0.2, 0) is 14.8 Å². The Morgan fingerprint density at radius 1 is 1.69 bits per heavy atom. The zero-order valence-electron chi connectivity index (χ0n) is 7.78. The molecule has 0 aromatic heterocycles. The van der Waals surface area contributed by atoms with Crippen LogP contribution in [0.2, 0.25) is 0 Å². The smallest absolute Gasteiger partial charge is 0.247 e. The number of sulfonamides is 1. The van der Waals surface area contributed by atoms with E-state index >= 15 is 0 Å². The maximum Gasteiger partial charge on any atom is 0.247 e. The first-order valence-corrected chi connectivity index (χ1v) is 5.88. The minimum Gasteiger partial charge on any atom is -0.372 e. The van der Waals surface area contributed by atoms with Crippen LogP contribution in [0.25, 0.3) is 0 Å². The molecule has 0 radical (unpaired) electrons. The average Bonchev–Trinajstić information content (AvgIpc) is 2.48. The summed E-state index contributed by atoms with van der Waals surface area (Å²) in [5.41, 5.74) is 0.761. The van der Waals surface area contributed by atoms with Gasteiger partial charge >= 0.3 is 0 Å². The Hall–Kier alpha value is -0.620. The van der Waals surface area contributed by atoms with Crippen LogP contribution < -0.4 is 4.83 Å². The van der Waals surface area contributed by atoms with E-state index in [0.29, 0.717) is 13.0 Å². The molecule has 76 valence electrons. The Morgan fingerprint density at radius 2 is 2.38 bits per heavy atom. The van der Waals surface area contributed by atoms with Gasteiger partial charge in [-0.05, 0) is 13.8 Å². The number of hydrogen-bond donors (Lipinski definition) is 1. The van der Waals surface area contributed by atoms with Crippen LogP contribution in [0.1, 0.15) is 20.3 Å². The Morgan fingerprint density at radius 3 is 2.85 bits per heavy atom. The molecule has 13 heavy (non-hydrogen) atoms. The summed E-state index contributed by atoms with van der Waals surface area (Å²) in [5, 5.41) is 3.80. The predicted octanol–water partition coefficient (Wildman–Crippen LogP) is 0.0905. The van der Waals surface area contributed by atoms with Crippen molar-refractivity contribution in [1.29, 1.82) is 0 Å². The van der Waals surface area contributed by atoms with Gasteiger partial charge in [-0.3, -0.25) is 0 Å². The summed E-state index contributed by atoms with van der Waals surface area (Å²) in [7, 11) is -3.22. The summed E-state index contributed by atoms with van der Waals surface area (Å²) in [6, 6.07) is 0. The largest absolute Gasteiger partial charge is 0.372 e. The topological polar surface area (TPSA) is 67.8 Å². The normalized spacial score (nSPS) is 26.6. The summed E-state index contributed by atoms with van der Waals surface area (Å²) in [4.78, 5) is 2.16. The second-order valence-corrected chi connectivity index (χ2v) is 4.85. The molecule has 1 N–H and O–H groups in total. The zero-order valence-corrected chi connectivity index (χ0v) is 8.60. The Bertz CT molecular complexity index is 297. The Balaban J connectivity index is 2.58. The Labute approximate surface area is 78.2 Å². The van der Waals surface area contributed by atoms with E-state index in [1.54, 1.807) is 6.92 Å². The highest BCUT2D eigenvalue weighted by Crippen LogP contribution is 2.08. The molecule has 0 aliphatic carbocycles. The van der Waals surface area contributed by atoms with Crippen LogP contribution in [0.4, 0.5) is 0 Å². The minimum absolute atomic E-state index is 0.0407. The van der Waals surface area contributed by atoms with Crippen molar-refractivity contribution >= 4 is 15.7 Å². The fraction of sp³-hybridized carbons (Fsp3) is 0.857. The number of ether oxygens (including phenoxy) is 1. The van der Waals surface area contributed by atoms with Crippen molar-refractivity contribution in [3.05, 3.63) is 0 Å². The molecule has 6 heteroatoms. The van der Waals surface area contributed by atoms with Crippen LogP contribution in [-0.4, -0.2) is 32.6 Å². The molecule has 1 heterocycles. The molecule has 1 saturated heterocycles. The molecule has 1 rings (SSSR count). The van der Waals surface area contributed by atoms with Crippen molar-refractivity contribution in [2.45, 2.75) is 26.4 Å². The highest BCUT2D eigenvalue weighted by Gasteiger charge is 2.19. The summed E-state index contributed by atoms with van der Waals surface area (Å²) in [6.45, 7) is 4.04. The quantitative estimate of drug-likeness (QED) is 0.665. The predicted molar refractivity (Wildman–Crippen MR) is 50.1 cm³/mol. The summed E-state index contributed by atoms with van der Waals surface area (Å²) in [6.07, 6.45) is 0.632. The monoisotopic (exact) mass is 206 g/mol. The average molecular weight is 206 g/mol. The third-order valence-electron chi connectivity index (χ3n) is 1.90. The van der Waals surface area contributed by atoms with Crippen molar-refractivity contribution in [3.63, 3.8) is 0 Å². The Kier molecular flexibility index (Phi) is 3.27. The molecule has 0 spiro atoms. The van der Waals surface area contributed by atoms with E-state index in [0.717, 1.165) is 5.71 Å². The number of hydrazone groups is 1. The first-order chi connectivity index (χ1) is 6.05. The highest BCUT2D eigenvalue weighted by atomic mass is 32.2. The van der Waals surface area contributed by atoms with Gasteiger partial charge in [-0.2, -0.15) is 5.10 Å². The lowest BCUT2D eigenvalue weighted by Crippen LogP contribution is -2.23. The molecule has 0 bridgehead atoms. The van der Waals surface area contributed by atoms with Gasteiger partial charge in [0.05, 0.1) is 24.2 Å². The molecule has 0 amide bonds. The van der Waals surface area contributed by atoms with Crippen LogP contribution in [0.3, 0.4) is 0 Å². The summed E-state index contributed by atoms with van der Waals surface area (Å²) >= 11 is 0. The zero-order chi connectivity index (χ0) is 9.90. The van der Waals surface area contributed by atoms with Gasteiger partial charge in [-0.15, -0.1) is 0 Å². The van der Waals surface area contributed by atoms with Gasteiger partial charge in [0.2, 0.25) is 10.0 Å². The third kappa shape index (κ3) is 2.96. The molecule has 0 saturated carbocycles. The number of hydrogen-bond acceptors (Lipinski definition) is 4. The van der Waals surface area contributed by atoms with E-state index in [1.165, 1.54) is 0 Å². The van der Waals surface area contributed by atoms with Gasteiger partial charge in [0.1, 0.15) is 0 Å². The SMILES string of the molecule is CCS(=O)(=O)N/N=C1/CCOC1C. The van der Waals surface area contributed by atoms with E-state index in [9.17, 15) is 8.42 Å². The fourth-order valence-electron chi connectivity index (χ4n) is 0.979. The molecule has 1 aliphatic heterocycles. The second-order valence-electron chi connectivity index (χ2n) is 2.86. The van der Waals surface area contributed by atoms with Crippen molar-refractivity contribution in [2.24, 2.45) is 5.10 Å². The van der Waals surface area contributed by atoms with Gasteiger partial charge < -0.3 is 4.74 Å². The first kappa shape index (κ1) is 10.5. The maximum absolute atomic E-state index is 11.0. The molecule has 1 aliphatic rings. The number of nitrogens with zero attached hydrogens (tertiary/aromatic N) is 1. The van der Waals surface area contributed by atoms with Crippen molar-refractivity contribution < 1.29 is 13.2 Å². The molecule has 1 fully saturated rings. The van der Waals surface area contributed by atoms with Crippen LogP contribution in [0, 0.1) is 0 Å². The molecular formula is C7H14N2O3S. The first-order valence-electron chi connectivity index (χ1n) is 4.22. The molecule has 1 unspecified atom stereocenters. The van der Waals surface area contributed by atoms with E-state index < -0.39 is 10.0 Å². The highest BCUT2D eigenvalue weighted by molar-refractivity contribution is 7.89. The molecular weight excluding hydrogens is 192 g/mol. The van der Waals surface area contributed by atoms with E-state index in [2.05, 4.69) is 9.93 Å². The molecule has 0 aromatic carbocycles. The van der Waals surface area contributed by atoms with Gasteiger partial charge in [0.15, 0.2) is 0 Å². The van der Waals surface area contributed by atoms with Crippen molar-refractivity contribution in [2.75, 3.05) is 12.4 Å². The minimum atomic E-state index is -3.22. The standard InChI is InChI=1S/C7H14N2O3S/c1-3-13(10,11)9-8-7-4-5-12-6(7)2/h6,9H,3-5H2,1-2H3/b8-7-. The summed E-state index contributed by atoms with van der Waals surface area (Å²) in [5.74, 6) is 0.0407. The lowest BCUT2D eigenvalue weighted by molar-refractivity contribution is 0.145. The molecule has 0 aromatic rings. The fourth-order valence-corrected chi connectivity index (χ4v) is 1.36. The molecule has 1 atom stereocenters. The van der Waals surface area contributed by atoms with E-state index in [1.807, 2.05) is 6.92 Å². The van der Waals surface area contributed by atoms with Crippen LogP contribution >= 0.6 is 0 Å². The van der Waals surface area contributed by atoms with E-state index in [4.69, 9.17) is 4.74 Å². The van der Waals surface area contributed by atoms with E-state index in [-0.39, 0.29) is 11.9 Å².